The lowest BCUT2D eigenvalue weighted by atomic mass is 10.1. The fourth-order valence-corrected chi connectivity index (χ4v) is 3.60. The van der Waals surface area contributed by atoms with Gasteiger partial charge < -0.3 is 15.7 Å². The van der Waals surface area contributed by atoms with E-state index in [1.54, 1.807) is 0 Å². The summed E-state index contributed by atoms with van der Waals surface area (Å²) in [7, 11) is 0. The van der Waals surface area contributed by atoms with Crippen molar-refractivity contribution >= 4 is 22.5 Å². The summed E-state index contributed by atoms with van der Waals surface area (Å²) >= 11 is 0. The van der Waals surface area contributed by atoms with Crippen LogP contribution in [0.5, 0.6) is 0 Å². The number of aliphatic hydroxyl groups is 1. The molecule has 5 nitrogen and oxygen atoms in total. The standard InChI is InChI=1S/C27H27N3O2/c31-26(22-7-2-1-3-8-22)19-28-17-16-20-10-13-23(14-11-20)30-27(32)18-24-15-12-21-6-4-5-9-25(21)29-24/h1-15,26,28,31H,16-19H2,(H,30,32). The first-order valence-electron chi connectivity index (χ1n) is 10.8. The summed E-state index contributed by atoms with van der Waals surface area (Å²) in [4.78, 5) is 17.0. The van der Waals surface area contributed by atoms with Crippen LogP contribution in [0.1, 0.15) is 22.9 Å². The maximum Gasteiger partial charge on any atom is 0.230 e. The number of aromatic nitrogens is 1. The number of nitrogens with zero attached hydrogens (tertiary/aromatic N) is 1. The van der Waals surface area contributed by atoms with E-state index in [0.29, 0.717) is 6.54 Å². The zero-order chi connectivity index (χ0) is 22.2. The molecule has 0 aliphatic rings. The molecule has 32 heavy (non-hydrogen) atoms. The Hall–Kier alpha value is -3.54. The highest BCUT2D eigenvalue weighted by atomic mass is 16.3. The second kappa shape index (κ2) is 10.7. The van der Waals surface area contributed by atoms with E-state index < -0.39 is 6.10 Å². The number of carbonyl (C=O) groups excluding carboxylic acids is 1. The van der Waals surface area contributed by atoms with E-state index in [1.165, 1.54) is 5.56 Å². The lowest BCUT2D eigenvalue weighted by molar-refractivity contribution is -0.115. The predicted octanol–water partition coefficient (Wildman–Crippen LogP) is 4.28. The van der Waals surface area contributed by atoms with Gasteiger partial charge in [-0.15, -0.1) is 0 Å². The van der Waals surface area contributed by atoms with E-state index in [2.05, 4.69) is 15.6 Å². The number of para-hydroxylation sites is 1. The first kappa shape index (κ1) is 21.7. The van der Waals surface area contributed by atoms with Gasteiger partial charge in [0, 0.05) is 17.6 Å². The summed E-state index contributed by atoms with van der Waals surface area (Å²) in [6.45, 7) is 1.28. The van der Waals surface area contributed by atoms with Crippen molar-refractivity contribution in [1.29, 1.82) is 0 Å². The molecule has 1 aromatic heterocycles. The number of rotatable bonds is 9. The number of hydrogen-bond acceptors (Lipinski definition) is 4. The Morgan fingerprint density at radius 1 is 0.875 bits per heavy atom. The van der Waals surface area contributed by atoms with Crippen molar-refractivity contribution in [2.75, 3.05) is 18.4 Å². The van der Waals surface area contributed by atoms with Gasteiger partial charge in [-0.05, 0) is 48.4 Å². The number of carbonyl (C=O) groups is 1. The molecule has 0 aliphatic carbocycles. The molecule has 3 N–H and O–H groups in total. The van der Waals surface area contributed by atoms with Crippen LogP contribution in [-0.4, -0.2) is 29.1 Å². The number of aliphatic hydroxyl groups excluding tert-OH is 1. The fourth-order valence-electron chi connectivity index (χ4n) is 3.60. The van der Waals surface area contributed by atoms with Crippen molar-refractivity contribution in [2.45, 2.75) is 18.9 Å². The average molecular weight is 426 g/mol. The topological polar surface area (TPSA) is 74.2 Å². The highest BCUT2D eigenvalue weighted by Crippen LogP contribution is 2.14. The van der Waals surface area contributed by atoms with Gasteiger partial charge in [0.05, 0.1) is 23.7 Å². The third-order valence-corrected chi connectivity index (χ3v) is 5.35. The largest absolute Gasteiger partial charge is 0.387 e. The molecule has 4 rings (SSSR count). The minimum absolute atomic E-state index is 0.0860. The van der Waals surface area contributed by atoms with Crippen molar-refractivity contribution in [1.82, 2.24) is 10.3 Å². The molecule has 1 atom stereocenters. The molecule has 0 spiro atoms. The highest BCUT2D eigenvalue weighted by molar-refractivity contribution is 5.92. The lowest BCUT2D eigenvalue weighted by Crippen LogP contribution is -2.23. The number of anilines is 1. The van der Waals surface area contributed by atoms with Gasteiger partial charge >= 0.3 is 0 Å². The molecule has 0 saturated carbocycles. The number of hydrogen-bond donors (Lipinski definition) is 3. The van der Waals surface area contributed by atoms with E-state index in [-0.39, 0.29) is 12.3 Å². The molecule has 5 heteroatoms. The number of amides is 1. The van der Waals surface area contributed by atoms with E-state index >= 15 is 0 Å². The summed E-state index contributed by atoms with van der Waals surface area (Å²) in [6, 6.07) is 29.3. The lowest BCUT2D eigenvalue weighted by Gasteiger charge is -2.12. The van der Waals surface area contributed by atoms with E-state index in [1.807, 2.05) is 91.0 Å². The van der Waals surface area contributed by atoms with Crippen LogP contribution in [0.3, 0.4) is 0 Å². The second-order valence-electron chi connectivity index (χ2n) is 7.80. The molecule has 0 bridgehead atoms. The SMILES string of the molecule is O=C(Cc1ccc2ccccc2n1)Nc1ccc(CCNCC(O)c2ccccc2)cc1. The zero-order valence-corrected chi connectivity index (χ0v) is 17.9. The minimum Gasteiger partial charge on any atom is -0.387 e. The van der Waals surface area contributed by atoms with Crippen molar-refractivity contribution in [3.8, 4) is 0 Å². The Morgan fingerprint density at radius 3 is 2.44 bits per heavy atom. The molecule has 0 aliphatic heterocycles. The number of pyridine rings is 1. The Kier molecular flexibility index (Phi) is 7.23. The molecular weight excluding hydrogens is 398 g/mol. The fraction of sp³-hybridized carbons (Fsp3) is 0.185. The first-order chi connectivity index (χ1) is 15.7. The van der Waals surface area contributed by atoms with Crippen LogP contribution in [0.4, 0.5) is 5.69 Å². The summed E-state index contributed by atoms with van der Waals surface area (Å²) in [6.07, 6.45) is 0.572. The Bertz CT molecular complexity index is 1160. The highest BCUT2D eigenvalue weighted by Gasteiger charge is 2.07. The third kappa shape index (κ3) is 6.00. The number of nitrogens with one attached hydrogen (secondary N) is 2. The van der Waals surface area contributed by atoms with Crippen LogP contribution in [0.15, 0.2) is 91.0 Å². The molecule has 4 aromatic rings. The Morgan fingerprint density at radius 2 is 1.62 bits per heavy atom. The third-order valence-electron chi connectivity index (χ3n) is 5.35. The molecule has 1 unspecified atom stereocenters. The van der Waals surface area contributed by atoms with Gasteiger partial charge in [-0.3, -0.25) is 9.78 Å². The average Bonchev–Trinajstić information content (AvgIpc) is 2.83. The van der Waals surface area contributed by atoms with Gasteiger partial charge in [0.2, 0.25) is 5.91 Å². The molecule has 162 valence electrons. The summed E-state index contributed by atoms with van der Waals surface area (Å²) in [5, 5.41) is 17.5. The molecule has 1 heterocycles. The number of benzene rings is 3. The van der Waals surface area contributed by atoms with Gasteiger partial charge in [0.1, 0.15) is 0 Å². The Labute approximate surface area is 188 Å². The van der Waals surface area contributed by atoms with Crippen LogP contribution >= 0.6 is 0 Å². The minimum atomic E-state index is -0.508. The summed E-state index contributed by atoms with van der Waals surface area (Å²) in [5.41, 5.74) is 4.50. The van der Waals surface area contributed by atoms with Gasteiger partial charge in [0.25, 0.3) is 0 Å². The first-order valence-corrected chi connectivity index (χ1v) is 10.8. The van der Waals surface area contributed by atoms with E-state index in [9.17, 15) is 9.90 Å². The van der Waals surface area contributed by atoms with Crippen LogP contribution in [-0.2, 0) is 17.6 Å². The summed E-state index contributed by atoms with van der Waals surface area (Å²) in [5.74, 6) is -0.0860. The smallest absolute Gasteiger partial charge is 0.230 e. The van der Waals surface area contributed by atoms with Gasteiger partial charge in [-0.25, -0.2) is 0 Å². The van der Waals surface area contributed by atoms with E-state index in [4.69, 9.17) is 0 Å². The van der Waals surface area contributed by atoms with Crippen LogP contribution in [0, 0.1) is 0 Å². The van der Waals surface area contributed by atoms with Crippen molar-refractivity contribution in [3.63, 3.8) is 0 Å². The Balaban J connectivity index is 1.22. The molecule has 0 saturated heterocycles. The predicted molar refractivity (Wildman–Crippen MR) is 128 cm³/mol. The normalized spacial score (nSPS) is 11.9. The quantitative estimate of drug-likeness (QED) is 0.350. The van der Waals surface area contributed by atoms with Crippen LogP contribution in [0.2, 0.25) is 0 Å². The van der Waals surface area contributed by atoms with E-state index in [0.717, 1.165) is 40.8 Å². The second-order valence-corrected chi connectivity index (χ2v) is 7.80. The van der Waals surface area contributed by atoms with Gasteiger partial charge in [-0.2, -0.15) is 0 Å². The maximum absolute atomic E-state index is 12.4. The molecule has 3 aromatic carbocycles. The van der Waals surface area contributed by atoms with Gasteiger partial charge in [-0.1, -0.05) is 66.7 Å². The van der Waals surface area contributed by atoms with Gasteiger partial charge in [0.15, 0.2) is 0 Å². The zero-order valence-electron chi connectivity index (χ0n) is 17.9. The van der Waals surface area contributed by atoms with Crippen LogP contribution < -0.4 is 10.6 Å². The molecule has 1 amide bonds. The monoisotopic (exact) mass is 425 g/mol. The molecule has 0 radical (unpaired) electrons. The van der Waals surface area contributed by atoms with Crippen molar-refractivity contribution in [2.24, 2.45) is 0 Å². The van der Waals surface area contributed by atoms with Crippen molar-refractivity contribution in [3.05, 3.63) is 108 Å². The summed E-state index contributed by atoms with van der Waals surface area (Å²) < 4.78 is 0. The maximum atomic E-state index is 12.4. The van der Waals surface area contributed by atoms with Crippen LogP contribution in [0.25, 0.3) is 10.9 Å². The number of fused-ring (bicyclic) bond motifs is 1. The molecule has 0 fully saturated rings. The van der Waals surface area contributed by atoms with Crippen molar-refractivity contribution < 1.29 is 9.90 Å². The molecular formula is C27H27N3O2.